The van der Waals surface area contributed by atoms with Gasteiger partial charge in [0, 0.05) is 17.1 Å². The van der Waals surface area contributed by atoms with E-state index in [0.717, 1.165) is 16.9 Å². The third-order valence-electron chi connectivity index (χ3n) is 3.68. The highest BCUT2D eigenvalue weighted by molar-refractivity contribution is 6.36. The topological polar surface area (TPSA) is 45.4 Å². The zero-order valence-corrected chi connectivity index (χ0v) is 14.4. The van der Waals surface area contributed by atoms with E-state index in [-0.39, 0.29) is 0 Å². The van der Waals surface area contributed by atoms with Crippen molar-refractivity contribution in [3.63, 3.8) is 0 Å². The first kappa shape index (κ1) is 17.1. The molecule has 0 unspecified atom stereocenters. The Balaban J connectivity index is 1.58. The third-order valence-corrected chi connectivity index (χ3v) is 4.23. The SMILES string of the molecule is O[C@@H](CNCc1ccc(-c2ccc(Cl)cc2Cl)o1)c1ccccc1. The van der Waals surface area contributed by atoms with Gasteiger partial charge in [0.1, 0.15) is 11.5 Å². The summed E-state index contributed by atoms with van der Waals surface area (Å²) in [4.78, 5) is 0. The molecule has 24 heavy (non-hydrogen) atoms. The van der Waals surface area contributed by atoms with E-state index in [1.165, 1.54) is 0 Å². The molecule has 3 rings (SSSR count). The van der Waals surface area contributed by atoms with Crippen molar-refractivity contribution >= 4 is 23.2 Å². The van der Waals surface area contributed by atoms with Crippen LogP contribution in [0.15, 0.2) is 65.1 Å². The molecule has 1 heterocycles. The molecule has 0 fully saturated rings. The van der Waals surface area contributed by atoms with Crippen LogP contribution < -0.4 is 5.32 Å². The van der Waals surface area contributed by atoms with Gasteiger partial charge in [-0.2, -0.15) is 0 Å². The summed E-state index contributed by atoms with van der Waals surface area (Å²) in [6, 6.07) is 18.6. The second-order valence-electron chi connectivity index (χ2n) is 5.45. The lowest BCUT2D eigenvalue weighted by atomic mass is 10.1. The Kier molecular flexibility index (Phi) is 5.59. The van der Waals surface area contributed by atoms with Crippen LogP contribution in [0.5, 0.6) is 0 Å². The van der Waals surface area contributed by atoms with Gasteiger partial charge in [0.15, 0.2) is 0 Å². The summed E-state index contributed by atoms with van der Waals surface area (Å²) in [6.45, 7) is 0.969. The van der Waals surface area contributed by atoms with Gasteiger partial charge >= 0.3 is 0 Å². The van der Waals surface area contributed by atoms with Crippen LogP contribution in [-0.2, 0) is 6.54 Å². The largest absolute Gasteiger partial charge is 0.460 e. The van der Waals surface area contributed by atoms with Crippen molar-refractivity contribution in [2.45, 2.75) is 12.6 Å². The first-order chi connectivity index (χ1) is 11.6. The minimum absolute atomic E-state index is 0.446. The lowest BCUT2D eigenvalue weighted by Crippen LogP contribution is -2.20. The minimum atomic E-state index is -0.550. The van der Waals surface area contributed by atoms with Gasteiger partial charge in [0.25, 0.3) is 0 Å². The second-order valence-corrected chi connectivity index (χ2v) is 6.29. The lowest BCUT2D eigenvalue weighted by molar-refractivity contribution is 0.173. The van der Waals surface area contributed by atoms with Gasteiger partial charge in [0.2, 0.25) is 0 Å². The molecule has 0 saturated heterocycles. The molecule has 0 radical (unpaired) electrons. The normalized spacial score (nSPS) is 12.3. The van der Waals surface area contributed by atoms with E-state index >= 15 is 0 Å². The second kappa shape index (κ2) is 7.86. The number of nitrogens with one attached hydrogen (secondary N) is 1. The highest BCUT2D eigenvalue weighted by Crippen LogP contribution is 2.31. The Morgan fingerprint density at radius 3 is 2.54 bits per heavy atom. The molecule has 5 heteroatoms. The summed E-state index contributed by atoms with van der Waals surface area (Å²) in [5, 5.41) is 14.5. The summed E-state index contributed by atoms with van der Waals surface area (Å²) >= 11 is 12.1. The van der Waals surface area contributed by atoms with E-state index in [2.05, 4.69) is 5.32 Å². The Morgan fingerprint density at radius 1 is 1.00 bits per heavy atom. The van der Waals surface area contributed by atoms with E-state index in [4.69, 9.17) is 27.6 Å². The molecule has 2 N–H and O–H groups in total. The van der Waals surface area contributed by atoms with Crippen molar-refractivity contribution in [3.8, 4) is 11.3 Å². The fourth-order valence-electron chi connectivity index (χ4n) is 2.43. The molecule has 0 amide bonds. The number of aliphatic hydroxyl groups excluding tert-OH is 1. The minimum Gasteiger partial charge on any atom is -0.460 e. The summed E-state index contributed by atoms with van der Waals surface area (Å²) in [5.41, 5.74) is 1.69. The summed E-state index contributed by atoms with van der Waals surface area (Å²) < 4.78 is 5.81. The van der Waals surface area contributed by atoms with Crippen molar-refractivity contribution in [1.82, 2.24) is 5.32 Å². The van der Waals surface area contributed by atoms with Crippen LogP contribution in [0.4, 0.5) is 0 Å². The average molecular weight is 362 g/mol. The van der Waals surface area contributed by atoms with Gasteiger partial charge in [-0.3, -0.25) is 0 Å². The fourth-order valence-corrected chi connectivity index (χ4v) is 2.93. The van der Waals surface area contributed by atoms with Crippen molar-refractivity contribution < 1.29 is 9.52 Å². The molecule has 1 aromatic heterocycles. The van der Waals surface area contributed by atoms with Gasteiger partial charge in [-0.25, -0.2) is 0 Å². The number of aliphatic hydroxyl groups is 1. The molecular formula is C19H17Cl2NO2. The Morgan fingerprint density at radius 2 is 1.79 bits per heavy atom. The van der Waals surface area contributed by atoms with Crippen molar-refractivity contribution in [2.24, 2.45) is 0 Å². The molecule has 0 bridgehead atoms. The zero-order chi connectivity index (χ0) is 16.9. The molecule has 3 aromatic rings. The van der Waals surface area contributed by atoms with Gasteiger partial charge in [-0.15, -0.1) is 0 Å². The van der Waals surface area contributed by atoms with Crippen molar-refractivity contribution in [1.29, 1.82) is 0 Å². The number of hydrogen-bond donors (Lipinski definition) is 2. The summed E-state index contributed by atoms with van der Waals surface area (Å²) in [5.74, 6) is 1.47. The van der Waals surface area contributed by atoms with Crippen LogP contribution in [0.2, 0.25) is 10.0 Å². The molecule has 1 atom stereocenters. The maximum Gasteiger partial charge on any atom is 0.135 e. The van der Waals surface area contributed by atoms with Crippen LogP contribution >= 0.6 is 23.2 Å². The highest BCUT2D eigenvalue weighted by atomic mass is 35.5. The predicted octanol–water partition coefficient (Wildman–Crippen LogP) is 5.08. The molecule has 2 aromatic carbocycles. The number of halogens is 2. The maximum atomic E-state index is 10.1. The van der Waals surface area contributed by atoms with Crippen LogP contribution in [0, 0.1) is 0 Å². The van der Waals surface area contributed by atoms with E-state index in [0.29, 0.717) is 28.9 Å². The number of rotatable bonds is 6. The quantitative estimate of drug-likeness (QED) is 0.643. The standard InChI is InChI=1S/C19H17Cl2NO2/c20-14-6-8-16(17(21)10-14)19-9-7-15(24-19)11-22-12-18(23)13-4-2-1-3-5-13/h1-10,18,22-23H,11-12H2/t18-/m0/s1. The van der Waals surface area contributed by atoms with E-state index in [1.54, 1.807) is 12.1 Å². The highest BCUT2D eigenvalue weighted by Gasteiger charge is 2.10. The fraction of sp³-hybridized carbons (Fsp3) is 0.158. The van der Waals surface area contributed by atoms with Crippen LogP contribution in [-0.4, -0.2) is 11.7 Å². The smallest absolute Gasteiger partial charge is 0.135 e. The van der Waals surface area contributed by atoms with Gasteiger partial charge in [0.05, 0.1) is 17.7 Å². The molecule has 0 saturated carbocycles. The van der Waals surface area contributed by atoms with Crippen molar-refractivity contribution in [3.05, 3.63) is 82.0 Å². The van der Waals surface area contributed by atoms with Crippen molar-refractivity contribution in [2.75, 3.05) is 6.54 Å². The summed E-state index contributed by atoms with van der Waals surface area (Å²) in [7, 11) is 0. The average Bonchev–Trinajstić information content (AvgIpc) is 3.04. The van der Waals surface area contributed by atoms with E-state index < -0.39 is 6.10 Å². The monoisotopic (exact) mass is 361 g/mol. The molecule has 3 nitrogen and oxygen atoms in total. The Bertz CT molecular complexity index is 802. The number of benzene rings is 2. The third kappa shape index (κ3) is 4.19. The first-order valence-electron chi connectivity index (χ1n) is 7.61. The number of hydrogen-bond acceptors (Lipinski definition) is 3. The Labute approximate surface area is 150 Å². The Hall–Kier alpha value is -1.78. The van der Waals surface area contributed by atoms with Crippen LogP contribution in [0.1, 0.15) is 17.4 Å². The maximum absolute atomic E-state index is 10.1. The van der Waals surface area contributed by atoms with Gasteiger partial charge in [-0.05, 0) is 35.9 Å². The molecule has 0 aliphatic heterocycles. The van der Waals surface area contributed by atoms with Crippen LogP contribution in [0.25, 0.3) is 11.3 Å². The zero-order valence-electron chi connectivity index (χ0n) is 12.9. The van der Waals surface area contributed by atoms with Gasteiger partial charge in [-0.1, -0.05) is 53.5 Å². The summed E-state index contributed by atoms with van der Waals surface area (Å²) in [6.07, 6.45) is -0.550. The van der Waals surface area contributed by atoms with E-state index in [1.807, 2.05) is 48.5 Å². The van der Waals surface area contributed by atoms with E-state index in [9.17, 15) is 5.11 Å². The van der Waals surface area contributed by atoms with Crippen LogP contribution in [0.3, 0.4) is 0 Å². The first-order valence-corrected chi connectivity index (χ1v) is 8.37. The molecule has 0 aliphatic carbocycles. The lowest BCUT2D eigenvalue weighted by Gasteiger charge is -2.11. The number of furan rings is 1. The predicted molar refractivity (Wildman–Crippen MR) is 97.3 cm³/mol. The molecule has 0 spiro atoms. The molecule has 0 aliphatic rings. The molecule has 124 valence electrons. The van der Waals surface area contributed by atoms with Gasteiger partial charge < -0.3 is 14.8 Å². The molecular weight excluding hydrogens is 345 g/mol.